The molecule has 0 aliphatic heterocycles. The van der Waals surface area contributed by atoms with Crippen LogP contribution in [0.4, 0.5) is 26.3 Å². The lowest BCUT2D eigenvalue weighted by Gasteiger charge is -2.09. The number of para-hydroxylation sites is 2. The van der Waals surface area contributed by atoms with Gasteiger partial charge in [-0.2, -0.15) is 34.8 Å². The maximum atomic E-state index is 12.0. The maximum absolute atomic E-state index is 12.0. The molecule has 3 rings (SSSR count). The van der Waals surface area contributed by atoms with E-state index in [4.69, 9.17) is 9.66 Å². The van der Waals surface area contributed by atoms with Gasteiger partial charge in [-0.25, -0.2) is 0 Å². The fraction of sp³-hybridized carbons (Fsp3) is 0.217. The molecule has 3 aromatic rings. The molecule has 0 aliphatic rings. The van der Waals surface area contributed by atoms with Crippen LogP contribution in [0.3, 0.4) is 0 Å². The van der Waals surface area contributed by atoms with Crippen molar-refractivity contribution in [1.82, 2.24) is 0 Å². The quantitative estimate of drug-likeness (QED) is 0.113. The molecule has 0 radical (unpaired) electrons. The van der Waals surface area contributed by atoms with Crippen LogP contribution in [-0.2, 0) is 16.5 Å². The second kappa shape index (κ2) is 13.8. The van der Waals surface area contributed by atoms with Crippen LogP contribution in [-0.4, -0.2) is 41.3 Å². The summed E-state index contributed by atoms with van der Waals surface area (Å²) in [5, 5.41) is 17.8. The summed E-state index contributed by atoms with van der Waals surface area (Å²) >= 11 is 4.28. The van der Waals surface area contributed by atoms with E-state index in [-0.39, 0.29) is 15.4 Å². The smallest absolute Gasteiger partial charge is 0.398 e. The molecule has 3 aromatic carbocycles. The number of thiol groups is 1. The average molecular weight is 589 g/mol. The van der Waals surface area contributed by atoms with Crippen LogP contribution < -0.4 is 0 Å². The summed E-state index contributed by atoms with van der Waals surface area (Å²) in [6, 6.07) is 16.3. The summed E-state index contributed by atoms with van der Waals surface area (Å²) in [5.74, 6) is -1.19. The highest BCUT2D eigenvalue weighted by Crippen LogP contribution is 2.32. The fourth-order valence-electron chi connectivity index (χ4n) is 2.42. The molecule has 204 valence electrons. The van der Waals surface area contributed by atoms with Gasteiger partial charge in [0.25, 0.3) is 10.1 Å². The number of hydrogen-bond acceptors (Lipinski definition) is 6. The number of halogens is 6. The number of alkyl halides is 6. The summed E-state index contributed by atoms with van der Waals surface area (Å²) < 4.78 is 102. The van der Waals surface area contributed by atoms with Gasteiger partial charge in [-0.15, -0.1) is 24.4 Å². The van der Waals surface area contributed by atoms with Crippen molar-refractivity contribution in [2.45, 2.75) is 40.4 Å². The van der Waals surface area contributed by atoms with Crippen LogP contribution >= 0.6 is 24.4 Å². The third-order valence-corrected chi connectivity index (χ3v) is 6.53. The summed E-state index contributed by atoms with van der Waals surface area (Å²) in [6.07, 6.45) is -9.77. The van der Waals surface area contributed by atoms with Crippen LogP contribution in [0, 0.1) is 6.92 Å². The Balaban J connectivity index is 0.000000301. The minimum atomic E-state index is -4.39. The van der Waals surface area contributed by atoms with Gasteiger partial charge >= 0.3 is 12.4 Å². The Morgan fingerprint density at radius 2 is 1.46 bits per heavy atom. The van der Waals surface area contributed by atoms with Crippen LogP contribution in [0.1, 0.15) is 11.1 Å². The SMILES string of the molecule is Cc1ccc(S(=O)(=O)O)cc1SCC(F)(F)F.Oc1c(S)cccc1CC(F)(F)F.Oc1ccccc1. The van der Waals surface area contributed by atoms with Gasteiger partial charge in [0.2, 0.25) is 0 Å². The first-order valence-electron chi connectivity index (χ1n) is 9.97. The van der Waals surface area contributed by atoms with Crippen molar-refractivity contribution in [1.29, 1.82) is 0 Å². The lowest BCUT2D eigenvalue weighted by Crippen LogP contribution is -2.11. The van der Waals surface area contributed by atoms with Gasteiger partial charge in [0, 0.05) is 15.4 Å². The first-order chi connectivity index (χ1) is 16.9. The van der Waals surface area contributed by atoms with E-state index in [9.17, 15) is 39.9 Å². The van der Waals surface area contributed by atoms with Crippen molar-refractivity contribution in [2.24, 2.45) is 0 Å². The molecule has 0 fully saturated rings. The average Bonchev–Trinajstić information content (AvgIpc) is 2.75. The number of hydrogen-bond donors (Lipinski definition) is 4. The van der Waals surface area contributed by atoms with E-state index in [0.29, 0.717) is 23.1 Å². The number of benzene rings is 3. The molecule has 0 saturated heterocycles. The molecular weight excluding hydrogens is 566 g/mol. The van der Waals surface area contributed by atoms with E-state index in [2.05, 4.69) is 12.6 Å². The molecule has 0 saturated carbocycles. The monoisotopic (exact) mass is 588 g/mol. The van der Waals surface area contributed by atoms with E-state index in [0.717, 1.165) is 12.1 Å². The lowest BCUT2D eigenvalue weighted by molar-refractivity contribution is -0.127. The zero-order chi connectivity index (χ0) is 28.4. The molecule has 14 heteroatoms. The normalized spacial score (nSPS) is 11.6. The Kier molecular flexibility index (Phi) is 12.1. The predicted molar refractivity (Wildman–Crippen MR) is 131 cm³/mol. The standard InChI is InChI=1S/C9H9F3O3S2.C8H7F3OS.C6H6O/c1-6-2-3-7(17(13,14)15)4-8(6)16-5-9(10,11)12;9-8(10,11)4-5-2-1-3-6(13)7(5)12;7-6-4-2-1-3-5-6/h2-4H,5H2,1H3,(H,13,14,15);1-3,12-13H,4H2;1-5,7H. The van der Waals surface area contributed by atoms with Gasteiger partial charge in [-0.3, -0.25) is 4.55 Å². The summed E-state index contributed by atoms with van der Waals surface area (Å²) in [7, 11) is -4.39. The molecule has 0 aromatic heterocycles. The molecule has 0 spiro atoms. The van der Waals surface area contributed by atoms with Crippen molar-refractivity contribution >= 4 is 34.5 Å². The van der Waals surface area contributed by atoms with E-state index in [1.54, 1.807) is 31.2 Å². The predicted octanol–water partition coefficient (Wildman–Crippen LogP) is 7.07. The zero-order valence-electron chi connectivity index (χ0n) is 19.0. The number of aryl methyl sites for hydroxylation is 1. The Bertz CT molecular complexity index is 1250. The first-order valence-corrected chi connectivity index (χ1v) is 12.8. The van der Waals surface area contributed by atoms with Crippen molar-refractivity contribution < 1.29 is 49.5 Å². The molecule has 0 heterocycles. The number of thioether (sulfide) groups is 1. The first kappa shape index (κ1) is 32.5. The van der Waals surface area contributed by atoms with Crippen LogP contribution in [0.15, 0.2) is 81.4 Å². The topological polar surface area (TPSA) is 94.8 Å². The van der Waals surface area contributed by atoms with Crippen molar-refractivity contribution in [3.63, 3.8) is 0 Å². The van der Waals surface area contributed by atoms with Crippen LogP contribution in [0.5, 0.6) is 11.5 Å². The molecule has 5 nitrogen and oxygen atoms in total. The highest BCUT2D eigenvalue weighted by Gasteiger charge is 2.29. The number of phenolic OH excluding ortho intramolecular Hbond substituents is 2. The number of aromatic hydroxyl groups is 2. The molecule has 0 bridgehead atoms. The molecule has 37 heavy (non-hydrogen) atoms. The summed E-state index contributed by atoms with van der Waals surface area (Å²) in [6.45, 7) is 1.56. The third-order valence-electron chi connectivity index (χ3n) is 4.09. The van der Waals surface area contributed by atoms with Gasteiger partial charge in [-0.1, -0.05) is 36.4 Å². The van der Waals surface area contributed by atoms with Crippen molar-refractivity contribution in [3.05, 3.63) is 77.9 Å². The highest BCUT2D eigenvalue weighted by atomic mass is 32.2. The third kappa shape index (κ3) is 13.5. The largest absolute Gasteiger partial charge is 0.508 e. The van der Waals surface area contributed by atoms with Crippen LogP contribution in [0.2, 0.25) is 0 Å². The summed E-state index contributed by atoms with van der Waals surface area (Å²) in [4.78, 5) is -0.0769. The molecule has 0 atom stereocenters. The van der Waals surface area contributed by atoms with E-state index in [1.807, 2.05) is 6.07 Å². The zero-order valence-corrected chi connectivity index (χ0v) is 21.5. The Labute approximate surface area is 219 Å². The molecule has 3 N–H and O–H groups in total. The Morgan fingerprint density at radius 1 is 0.865 bits per heavy atom. The number of rotatable bonds is 4. The van der Waals surface area contributed by atoms with Crippen molar-refractivity contribution in [3.8, 4) is 11.5 Å². The van der Waals surface area contributed by atoms with E-state index >= 15 is 0 Å². The Hall–Kier alpha value is -2.55. The van der Waals surface area contributed by atoms with Gasteiger partial charge in [0.05, 0.1) is 17.1 Å². The van der Waals surface area contributed by atoms with Gasteiger partial charge in [-0.05, 0) is 42.8 Å². The lowest BCUT2D eigenvalue weighted by atomic mass is 10.1. The second-order valence-electron chi connectivity index (χ2n) is 7.22. The minimum Gasteiger partial charge on any atom is -0.508 e. The molecule has 0 unspecified atom stereocenters. The van der Waals surface area contributed by atoms with Gasteiger partial charge < -0.3 is 10.2 Å². The maximum Gasteiger partial charge on any atom is 0.398 e. The molecule has 0 amide bonds. The highest BCUT2D eigenvalue weighted by molar-refractivity contribution is 7.99. The number of phenols is 2. The fourth-order valence-corrected chi connectivity index (χ4v) is 4.06. The summed E-state index contributed by atoms with van der Waals surface area (Å²) in [5.41, 5.74) is 0.367. The minimum absolute atomic E-state index is 0.153. The van der Waals surface area contributed by atoms with E-state index < -0.39 is 45.3 Å². The molecule has 0 aliphatic carbocycles. The van der Waals surface area contributed by atoms with Crippen molar-refractivity contribution in [2.75, 3.05) is 5.75 Å². The Morgan fingerprint density at radius 3 is 1.92 bits per heavy atom. The van der Waals surface area contributed by atoms with Gasteiger partial charge in [0.15, 0.2) is 0 Å². The van der Waals surface area contributed by atoms with Gasteiger partial charge in [0.1, 0.15) is 11.5 Å². The van der Waals surface area contributed by atoms with Crippen LogP contribution in [0.25, 0.3) is 0 Å². The van der Waals surface area contributed by atoms with E-state index in [1.165, 1.54) is 24.3 Å². The molecular formula is C23H22F6O5S3. The second-order valence-corrected chi connectivity index (χ2v) is 10.1.